The summed E-state index contributed by atoms with van der Waals surface area (Å²) >= 11 is 5.78. The van der Waals surface area contributed by atoms with Gasteiger partial charge in [-0.1, -0.05) is 11.6 Å². The molecule has 1 aromatic heterocycles. The molecule has 1 aliphatic heterocycles. The number of carbonyl (C=O) groups excluding carboxylic acids is 2. The number of primary amides is 1. The van der Waals surface area contributed by atoms with Crippen LogP contribution in [0.15, 0.2) is 12.3 Å². The summed E-state index contributed by atoms with van der Waals surface area (Å²) in [6, 6.07) is 0.168. The Morgan fingerprint density at radius 1 is 1.40 bits per heavy atom. The van der Waals surface area contributed by atoms with Crippen molar-refractivity contribution in [3.63, 3.8) is 0 Å². The van der Waals surface area contributed by atoms with Gasteiger partial charge in [0.2, 0.25) is 11.8 Å². The average Bonchev–Trinajstić information content (AvgIpc) is 2.55. The number of pyridine rings is 1. The van der Waals surface area contributed by atoms with Crippen molar-refractivity contribution in [1.29, 1.82) is 0 Å². The Morgan fingerprint density at radius 2 is 2.12 bits per heavy atom. The lowest BCUT2D eigenvalue weighted by molar-refractivity contribution is -0.140. The summed E-state index contributed by atoms with van der Waals surface area (Å²) < 4.78 is 37.7. The zero-order valence-electron chi connectivity index (χ0n) is 13.3. The van der Waals surface area contributed by atoms with Gasteiger partial charge in [0.1, 0.15) is 11.9 Å². The maximum Gasteiger partial charge on any atom is 0.417 e. The van der Waals surface area contributed by atoms with Crippen LogP contribution in [0.2, 0.25) is 5.02 Å². The van der Waals surface area contributed by atoms with E-state index in [4.69, 9.17) is 17.3 Å². The Labute approximate surface area is 147 Å². The SMILES string of the molecule is NC(=O)C1CCCCN1C(=O)CCNc1ncc(C(F)(F)F)cc1Cl. The Hall–Kier alpha value is -2.03. The molecular formula is C15H18ClF3N4O2. The molecule has 2 heterocycles. The molecule has 0 aliphatic carbocycles. The molecule has 0 bridgehead atoms. The van der Waals surface area contributed by atoms with Gasteiger partial charge in [0, 0.05) is 25.7 Å². The second-order valence-corrected chi connectivity index (χ2v) is 6.14. The minimum absolute atomic E-state index is 0.0445. The summed E-state index contributed by atoms with van der Waals surface area (Å²) in [5.41, 5.74) is 4.37. The summed E-state index contributed by atoms with van der Waals surface area (Å²) in [7, 11) is 0. The summed E-state index contributed by atoms with van der Waals surface area (Å²) in [4.78, 5) is 28.8. The van der Waals surface area contributed by atoms with Crippen molar-refractivity contribution in [2.24, 2.45) is 5.73 Å². The minimum atomic E-state index is -4.52. The second kappa shape index (κ2) is 7.90. The Balaban J connectivity index is 1.92. The van der Waals surface area contributed by atoms with Crippen LogP contribution in [0.1, 0.15) is 31.2 Å². The highest BCUT2D eigenvalue weighted by Gasteiger charge is 2.32. The molecule has 1 aliphatic rings. The van der Waals surface area contributed by atoms with E-state index in [-0.39, 0.29) is 29.7 Å². The van der Waals surface area contributed by atoms with Crippen LogP contribution >= 0.6 is 11.6 Å². The molecule has 10 heteroatoms. The number of nitrogens with zero attached hydrogens (tertiary/aromatic N) is 2. The van der Waals surface area contributed by atoms with Crippen LogP contribution in [0.25, 0.3) is 0 Å². The monoisotopic (exact) mass is 378 g/mol. The number of alkyl halides is 3. The van der Waals surface area contributed by atoms with Gasteiger partial charge in [0.05, 0.1) is 10.6 Å². The number of amides is 2. The molecule has 0 saturated carbocycles. The highest BCUT2D eigenvalue weighted by Crippen LogP contribution is 2.32. The summed E-state index contributed by atoms with van der Waals surface area (Å²) in [5.74, 6) is -0.722. The number of carbonyl (C=O) groups is 2. The van der Waals surface area contributed by atoms with Gasteiger partial charge in [-0.05, 0) is 25.3 Å². The first kappa shape index (κ1) is 19.3. The summed E-state index contributed by atoms with van der Waals surface area (Å²) in [6.45, 7) is 0.588. The van der Waals surface area contributed by atoms with E-state index in [2.05, 4.69) is 10.3 Å². The maximum absolute atomic E-state index is 12.6. The Morgan fingerprint density at radius 3 is 2.72 bits per heavy atom. The first-order chi connectivity index (χ1) is 11.7. The standard InChI is InChI=1S/C15H18ClF3N4O2/c16-10-7-9(15(17,18)19)8-22-14(10)21-5-4-12(24)23-6-2-1-3-11(23)13(20)25/h7-8,11H,1-6H2,(H2,20,25)(H,21,22). The van der Waals surface area contributed by atoms with Crippen molar-refractivity contribution in [2.75, 3.05) is 18.4 Å². The van der Waals surface area contributed by atoms with Crippen LogP contribution in [-0.4, -0.2) is 40.8 Å². The van der Waals surface area contributed by atoms with E-state index in [1.807, 2.05) is 0 Å². The molecule has 1 aromatic rings. The van der Waals surface area contributed by atoms with E-state index in [1.54, 1.807) is 0 Å². The lowest BCUT2D eigenvalue weighted by atomic mass is 10.0. The number of anilines is 1. The fraction of sp³-hybridized carbons (Fsp3) is 0.533. The van der Waals surface area contributed by atoms with Crippen LogP contribution in [0.3, 0.4) is 0 Å². The van der Waals surface area contributed by atoms with Gasteiger partial charge < -0.3 is 16.0 Å². The van der Waals surface area contributed by atoms with E-state index < -0.39 is 23.7 Å². The molecule has 1 unspecified atom stereocenters. The molecule has 0 radical (unpaired) electrons. The van der Waals surface area contributed by atoms with Crippen LogP contribution < -0.4 is 11.1 Å². The Kier molecular flexibility index (Phi) is 6.10. The normalized spacial score (nSPS) is 18.1. The number of nitrogens with two attached hydrogens (primary N) is 1. The first-order valence-electron chi connectivity index (χ1n) is 7.75. The third-order valence-corrected chi connectivity index (χ3v) is 4.24. The van der Waals surface area contributed by atoms with Crippen LogP contribution in [0, 0.1) is 0 Å². The van der Waals surface area contributed by atoms with E-state index in [0.29, 0.717) is 19.2 Å². The molecule has 2 rings (SSSR count). The second-order valence-electron chi connectivity index (χ2n) is 5.73. The lowest BCUT2D eigenvalue weighted by Crippen LogP contribution is -2.50. The van der Waals surface area contributed by atoms with E-state index in [9.17, 15) is 22.8 Å². The van der Waals surface area contributed by atoms with Crippen LogP contribution in [0.4, 0.5) is 19.0 Å². The molecule has 138 valence electrons. The van der Waals surface area contributed by atoms with Gasteiger partial charge in [-0.2, -0.15) is 13.2 Å². The van der Waals surface area contributed by atoms with Gasteiger partial charge >= 0.3 is 6.18 Å². The number of halogens is 4. The predicted octanol–water partition coefficient (Wildman–Crippen LogP) is 2.42. The number of hydrogen-bond acceptors (Lipinski definition) is 4. The fourth-order valence-electron chi connectivity index (χ4n) is 2.68. The third-order valence-electron chi connectivity index (χ3n) is 3.95. The van der Waals surface area contributed by atoms with Gasteiger partial charge in [-0.3, -0.25) is 9.59 Å². The number of nitrogens with one attached hydrogen (secondary N) is 1. The molecular weight excluding hydrogens is 361 g/mol. The fourth-order valence-corrected chi connectivity index (χ4v) is 2.91. The number of hydrogen-bond donors (Lipinski definition) is 2. The first-order valence-corrected chi connectivity index (χ1v) is 8.13. The summed E-state index contributed by atoms with van der Waals surface area (Å²) in [5, 5.41) is 2.55. The highest BCUT2D eigenvalue weighted by molar-refractivity contribution is 6.32. The van der Waals surface area contributed by atoms with Gasteiger partial charge in [-0.15, -0.1) is 0 Å². The average molecular weight is 379 g/mol. The topological polar surface area (TPSA) is 88.3 Å². The molecule has 1 atom stereocenters. The maximum atomic E-state index is 12.6. The molecule has 0 spiro atoms. The van der Waals surface area contributed by atoms with Crippen molar-refractivity contribution in [2.45, 2.75) is 37.9 Å². The van der Waals surface area contributed by atoms with Gasteiger partial charge in [-0.25, -0.2) is 4.98 Å². The highest BCUT2D eigenvalue weighted by atomic mass is 35.5. The molecule has 1 fully saturated rings. The zero-order valence-corrected chi connectivity index (χ0v) is 14.0. The zero-order chi connectivity index (χ0) is 18.6. The number of rotatable bonds is 5. The molecule has 0 aromatic carbocycles. The molecule has 2 amide bonds. The van der Waals surface area contributed by atoms with Crippen molar-refractivity contribution in [1.82, 2.24) is 9.88 Å². The number of likely N-dealkylation sites (tertiary alicyclic amines) is 1. The van der Waals surface area contributed by atoms with Gasteiger partial charge in [0.15, 0.2) is 0 Å². The predicted molar refractivity (Wildman–Crippen MR) is 85.9 cm³/mol. The van der Waals surface area contributed by atoms with E-state index in [0.717, 1.165) is 18.9 Å². The van der Waals surface area contributed by atoms with Crippen molar-refractivity contribution < 1.29 is 22.8 Å². The molecule has 25 heavy (non-hydrogen) atoms. The molecule has 3 N–H and O–H groups in total. The van der Waals surface area contributed by atoms with Crippen LogP contribution in [-0.2, 0) is 15.8 Å². The smallest absolute Gasteiger partial charge is 0.368 e. The quantitative estimate of drug-likeness (QED) is 0.823. The number of aromatic nitrogens is 1. The molecule has 1 saturated heterocycles. The van der Waals surface area contributed by atoms with E-state index >= 15 is 0 Å². The van der Waals surface area contributed by atoms with Crippen LogP contribution in [0.5, 0.6) is 0 Å². The summed E-state index contributed by atoms with van der Waals surface area (Å²) in [6.07, 6.45) is -1.63. The third kappa shape index (κ3) is 4.97. The van der Waals surface area contributed by atoms with Gasteiger partial charge in [0.25, 0.3) is 0 Å². The lowest BCUT2D eigenvalue weighted by Gasteiger charge is -2.33. The van der Waals surface area contributed by atoms with E-state index in [1.165, 1.54) is 4.90 Å². The largest absolute Gasteiger partial charge is 0.417 e. The number of piperidine rings is 1. The van der Waals surface area contributed by atoms with Crippen molar-refractivity contribution in [3.8, 4) is 0 Å². The molecule has 6 nitrogen and oxygen atoms in total. The minimum Gasteiger partial charge on any atom is -0.368 e. The van der Waals surface area contributed by atoms with Crippen molar-refractivity contribution >= 4 is 29.2 Å². The van der Waals surface area contributed by atoms with Crippen molar-refractivity contribution in [3.05, 3.63) is 22.8 Å². The Bertz CT molecular complexity index is 654.